The molecule has 4 aromatic rings. The molecule has 0 spiro atoms. The van der Waals surface area contributed by atoms with E-state index in [9.17, 15) is 10.1 Å². The Hall–Kier alpha value is -2.84. The van der Waals surface area contributed by atoms with Gasteiger partial charge in [-0.1, -0.05) is 40.2 Å². The number of hydrogen-bond acceptors (Lipinski definition) is 4. The number of aromatic nitrogens is 3. The lowest BCUT2D eigenvalue weighted by Gasteiger charge is -2.04. The van der Waals surface area contributed by atoms with E-state index in [4.69, 9.17) is 12.2 Å². The lowest BCUT2D eigenvalue weighted by atomic mass is 10.1. The summed E-state index contributed by atoms with van der Waals surface area (Å²) in [6.07, 6.45) is 3.54. The van der Waals surface area contributed by atoms with Crippen molar-refractivity contribution in [3.8, 4) is 22.4 Å². The molecule has 8 heteroatoms. The van der Waals surface area contributed by atoms with E-state index < -0.39 is 4.92 Å². The number of non-ortho nitro benzene ring substituents is 1. The molecule has 0 amide bonds. The van der Waals surface area contributed by atoms with Gasteiger partial charge < -0.3 is 4.98 Å². The van der Waals surface area contributed by atoms with Gasteiger partial charge in [0.1, 0.15) is 5.65 Å². The largest absolute Gasteiger partial charge is 0.339 e. The Labute approximate surface area is 161 Å². The molecule has 128 valence electrons. The zero-order chi connectivity index (χ0) is 18.3. The van der Waals surface area contributed by atoms with E-state index in [1.807, 2.05) is 36.5 Å². The summed E-state index contributed by atoms with van der Waals surface area (Å²) in [6, 6.07) is 14.3. The number of imidazole rings is 1. The van der Waals surface area contributed by atoms with Crippen LogP contribution in [-0.2, 0) is 0 Å². The van der Waals surface area contributed by atoms with Gasteiger partial charge in [0, 0.05) is 40.1 Å². The van der Waals surface area contributed by atoms with Crippen LogP contribution in [0.25, 0.3) is 28.0 Å². The molecule has 2 heterocycles. The molecule has 0 atom stereocenters. The zero-order valence-electron chi connectivity index (χ0n) is 13.2. The van der Waals surface area contributed by atoms with Crippen LogP contribution in [0.5, 0.6) is 0 Å². The Morgan fingerprint density at radius 2 is 1.92 bits per heavy atom. The molecule has 0 unspecified atom stereocenters. The summed E-state index contributed by atoms with van der Waals surface area (Å²) >= 11 is 8.81. The summed E-state index contributed by atoms with van der Waals surface area (Å²) in [6.45, 7) is 0. The average Bonchev–Trinajstić information content (AvgIpc) is 3.08. The van der Waals surface area contributed by atoms with Crippen molar-refractivity contribution in [1.29, 1.82) is 0 Å². The van der Waals surface area contributed by atoms with Gasteiger partial charge in [0.25, 0.3) is 5.69 Å². The highest BCUT2D eigenvalue weighted by atomic mass is 79.9. The summed E-state index contributed by atoms with van der Waals surface area (Å²) in [7, 11) is 0. The SMILES string of the molecule is O=[N+]([O-])c1cccc(-c2cn3c(=S)ncc(-c4cccc(Br)c4)c3[nH]2)c1. The van der Waals surface area contributed by atoms with Crippen molar-refractivity contribution in [2.24, 2.45) is 0 Å². The molecule has 0 saturated heterocycles. The highest BCUT2D eigenvalue weighted by Gasteiger charge is 2.13. The molecule has 0 aliphatic rings. The Kier molecular flexibility index (Phi) is 4.14. The number of nitrogens with zero attached hydrogens (tertiary/aromatic N) is 3. The molecule has 0 bridgehead atoms. The molecule has 6 nitrogen and oxygen atoms in total. The van der Waals surface area contributed by atoms with Crippen LogP contribution in [0.1, 0.15) is 0 Å². The van der Waals surface area contributed by atoms with Crippen molar-refractivity contribution in [3.05, 3.63) is 80.3 Å². The number of aromatic amines is 1. The van der Waals surface area contributed by atoms with Crippen molar-refractivity contribution < 1.29 is 4.92 Å². The van der Waals surface area contributed by atoms with E-state index in [-0.39, 0.29) is 5.69 Å². The van der Waals surface area contributed by atoms with Crippen LogP contribution in [0, 0.1) is 14.9 Å². The fourth-order valence-corrected chi connectivity index (χ4v) is 3.40. The normalized spacial score (nSPS) is 11.0. The second-order valence-electron chi connectivity index (χ2n) is 5.66. The van der Waals surface area contributed by atoms with Crippen molar-refractivity contribution in [3.63, 3.8) is 0 Å². The van der Waals surface area contributed by atoms with E-state index >= 15 is 0 Å². The third kappa shape index (κ3) is 2.93. The van der Waals surface area contributed by atoms with Crippen LogP contribution in [0.4, 0.5) is 5.69 Å². The topological polar surface area (TPSA) is 76.2 Å². The molecular formula is C18H11BrN4O2S. The number of halogens is 1. The molecule has 1 N–H and O–H groups in total. The monoisotopic (exact) mass is 426 g/mol. The van der Waals surface area contributed by atoms with Crippen molar-refractivity contribution in [2.45, 2.75) is 0 Å². The van der Waals surface area contributed by atoms with Gasteiger partial charge >= 0.3 is 0 Å². The second-order valence-corrected chi connectivity index (χ2v) is 6.94. The number of fused-ring (bicyclic) bond motifs is 1. The zero-order valence-corrected chi connectivity index (χ0v) is 15.6. The Balaban J connectivity index is 1.94. The van der Waals surface area contributed by atoms with E-state index in [2.05, 4.69) is 25.9 Å². The average molecular weight is 427 g/mol. The van der Waals surface area contributed by atoms with Gasteiger partial charge in [0.2, 0.25) is 4.77 Å². The third-order valence-corrected chi connectivity index (χ3v) is 4.82. The first kappa shape index (κ1) is 16.6. The summed E-state index contributed by atoms with van der Waals surface area (Å²) in [5, 5.41) is 11.0. The Bertz CT molecular complexity index is 1220. The van der Waals surface area contributed by atoms with Crippen LogP contribution in [0.3, 0.4) is 0 Å². The molecule has 4 rings (SSSR count). The molecule has 0 aliphatic carbocycles. The minimum absolute atomic E-state index is 0.0371. The number of nitro groups is 1. The quantitative estimate of drug-likeness (QED) is 0.270. The summed E-state index contributed by atoms with van der Waals surface area (Å²) in [5.74, 6) is 0. The van der Waals surface area contributed by atoms with E-state index in [1.54, 1.807) is 16.7 Å². The molecule has 0 fully saturated rings. The third-order valence-electron chi connectivity index (χ3n) is 4.02. The molecule has 2 aromatic heterocycles. The number of nitrogens with one attached hydrogen (secondary N) is 1. The molecule has 0 radical (unpaired) electrons. The predicted octanol–water partition coefficient (Wildman–Crippen LogP) is 5.40. The second kappa shape index (κ2) is 6.47. The van der Waals surface area contributed by atoms with Gasteiger partial charge in [-0.15, -0.1) is 0 Å². The first-order chi connectivity index (χ1) is 12.5. The fraction of sp³-hybridized carbons (Fsp3) is 0. The van der Waals surface area contributed by atoms with Crippen LogP contribution >= 0.6 is 28.1 Å². The first-order valence-electron chi connectivity index (χ1n) is 7.64. The number of nitro benzene ring substituents is 1. The highest BCUT2D eigenvalue weighted by molar-refractivity contribution is 9.10. The van der Waals surface area contributed by atoms with Crippen LogP contribution in [-0.4, -0.2) is 19.3 Å². The summed E-state index contributed by atoms with van der Waals surface area (Å²) < 4.78 is 3.15. The van der Waals surface area contributed by atoms with Crippen molar-refractivity contribution >= 4 is 39.5 Å². The van der Waals surface area contributed by atoms with Gasteiger partial charge in [0.15, 0.2) is 0 Å². The van der Waals surface area contributed by atoms with Gasteiger partial charge in [-0.05, 0) is 29.9 Å². The highest BCUT2D eigenvalue weighted by Crippen LogP contribution is 2.29. The fourth-order valence-electron chi connectivity index (χ4n) is 2.81. The number of rotatable bonds is 3. The van der Waals surface area contributed by atoms with Crippen LogP contribution in [0.15, 0.2) is 65.4 Å². The summed E-state index contributed by atoms with van der Waals surface area (Å²) in [4.78, 5) is 18.3. The van der Waals surface area contributed by atoms with Gasteiger partial charge in [-0.25, -0.2) is 4.98 Å². The van der Waals surface area contributed by atoms with Crippen molar-refractivity contribution in [2.75, 3.05) is 0 Å². The van der Waals surface area contributed by atoms with Gasteiger partial charge in [0.05, 0.1) is 10.6 Å². The Morgan fingerprint density at radius 3 is 2.69 bits per heavy atom. The minimum Gasteiger partial charge on any atom is -0.339 e. The van der Waals surface area contributed by atoms with Gasteiger partial charge in [-0.2, -0.15) is 0 Å². The van der Waals surface area contributed by atoms with Gasteiger partial charge in [-0.3, -0.25) is 14.5 Å². The maximum absolute atomic E-state index is 11.0. The summed E-state index contributed by atoms with van der Waals surface area (Å²) in [5.41, 5.74) is 4.12. The molecular weight excluding hydrogens is 416 g/mol. The molecule has 26 heavy (non-hydrogen) atoms. The molecule has 2 aromatic carbocycles. The predicted molar refractivity (Wildman–Crippen MR) is 106 cm³/mol. The standard InChI is InChI=1S/C18H11BrN4O2S/c19-13-5-1-3-11(7-13)15-9-20-18(26)22-10-16(21-17(15)22)12-4-2-6-14(8-12)23(24)25/h1-10,21H. The van der Waals surface area contributed by atoms with Crippen LogP contribution < -0.4 is 0 Å². The number of benzene rings is 2. The number of H-pyrrole nitrogens is 1. The maximum Gasteiger partial charge on any atom is 0.270 e. The maximum atomic E-state index is 11.0. The first-order valence-corrected chi connectivity index (χ1v) is 8.84. The van der Waals surface area contributed by atoms with E-state index in [1.165, 1.54) is 12.1 Å². The smallest absolute Gasteiger partial charge is 0.270 e. The molecule has 0 saturated carbocycles. The lowest BCUT2D eigenvalue weighted by molar-refractivity contribution is -0.384. The van der Waals surface area contributed by atoms with E-state index in [0.717, 1.165) is 26.9 Å². The Morgan fingerprint density at radius 1 is 1.15 bits per heavy atom. The van der Waals surface area contributed by atoms with Crippen LogP contribution in [0.2, 0.25) is 0 Å². The molecule has 0 aliphatic heterocycles. The lowest BCUT2D eigenvalue weighted by Crippen LogP contribution is -1.92. The van der Waals surface area contributed by atoms with E-state index in [0.29, 0.717) is 10.3 Å². The minimum atomic E-state index is -0.410. The van der Waals surface area contributed by atoms with Crippen molar-refractivity contribution in [1.82, 2.24) is 14.4 Å². The number of hydrogen-bond donors (Lipinski definition) is 1.